The van der Waals surface area contributed by atoms with E-state index in [0.717, 1.165) is 25.6 Å². The lowest BCUT2D eigenvalue weighted by molar-refractivity contribution is 0.00930. The van der Waals surface area contributed by atoms with Crippen LogP contribution in [0.1, 0.15) is 58.8 Å². The van der Waals surface area contributed by atoms with Gasteiger partial charge in [-0.15, -0.1) is 6.58 Å². The minimum absolute atomic E-state index is 0.339. The molecule has 1 fully saturated rings. The second kappa shape index (κ2) is 10.4. The van der Waals surface area contributed by atoms with Crippen LogP contribution in [0.4, 0.5) is 0 Å². The molecule has 0 aliphatic heterocycles. The highest BCUT2D eigenvalue weighted by molar-refractivity contribution is 4.86. The summed E-state index contributed by atoms with van der Waals surface area (Å²) < 4.78 is 11.1. The average molecular weight is 268 g/mol. The third kappa shape index (κ3) is 7.12. The van der Waals surface area contributed by atoms with Crippen LogP contribution in [0, 0.1) is 11.8 Å². The molecule has 2 atom stereocenters. The van der Waals surface area contributed by atoms with Crippen molar-refractivity contribution in [3.63, 3.8) is 0 Å². The zero-order valence-corrected chi connectivity index (χ0v) is 12.9. The fourth-order valence-corrected chi connectivity index (χ4v) is 3.07. The Bertz CT molecular complexity index is 221. The van der Waals surface area contributed by atoms with Crippen LogP contribution in [0.5, 0.6) is 0 Å². The van der Waals surface area contributed by atoms with Gasteiger partial charge in [0.25, 0.3) is 0 Å². The molecule has 19 heavy (non-hydrogen) atoms. The molecule has 0 saturated heterocycles. The van der Waals surface area contributed by atoms with E-state index in [1.54, 1.807) is 0 Å². The fraction of sp³-hybridized carbons (Fsp3) is 0.882. The summed E-state index contributed by atoms with van der Waals surface area (Å²) in [5.74, 6) is 1.57. The summed E-state index contributed by atoms with van der Waals surface area (Å²) in [6, 6.07) is 0. The molecule has 1 aliphatic rings. The summed E-state index contributed by atoms with van der Waals surface area (Å²) in [6.07, 6.45) is 11.9. The third-order valence-electron chi connectivity index (χ3n) is 4.30. The molecule has 2 unspecified atom stereocenters. The van der Waals surface area contributed by atoms with Gasteiger partial charge in [0.05, 0.1) is 19.3 Å². The number of hydrogen-bond acceptors (Lipinski definition) is 2. The maximum absolute atomic E-state index is 5.77. The summed E-state index contributed by atoms with van der Waals surface area (Å²) >= 11 is 0. The Balaban J connectivity index is 2.15. The number of rotatable bonds is 10. The minimum Gasteiger partial charge on any atom is -0.379 e. The maximum Gasteiger partial charge on any atom is 0.0704 e. The molecule has 0 amide bonds. The van der Waals surface area contributed by atoms with Gasteiger partial charge in [-0.25, -0.2) is 0 Å². The van der Waals surface area contributed by atoms with Crippen molar-refractivity contribution < 1.29 is 9.47 Å². The molecule has 0 spiro atoms. The van der Waals surface area contributed by atoms with Crippen molar-refractivity contribution in [3.05, 3.63) is 12.7 Å². The van der Waals surface area contributed by atoms with Crippen LogP contribution in [0.3, 0.4) is 0 Å². The lowest BCUT2D eigenvalue weighted by Crippen LogP contribution is -2.19. The number of allylic oxidation sites excluding steroid dienone is 1. The Morgan fingerprint density at radius 2 is 1.89 bits per heavy atom. The van der Waals surface area contributed by atoms with Gasteiger partial charge < -0.3 is 9.47 Å². The first kappa shape index (κ1) is 16.7. The third-order valence-corrected chi connectivity index (χ3v) is 4.30. The van der Waals surface area contributed by atoms with E-state index in [1.165, 1.54) is 38.5 Å². The summed E-state index contributed by atoms with van der Waals surface area (Å²) in [4.78, 5) is 0. The van der Waals surface area contributed by atoms with Gasteiger partial charge in [0.2, 0.25) is 0 Å². The molecule has 0 bridgehead atoms. The van der Waals surface area contributed by atoms with Gasteiger partial charge in [-0.05, 0) is 51.4 Å². The van der Waals surface area contributed by atoms with Gasteiger partial charge in [-0.2, -0.15) is 0 Å². The van der Waals surface area contributed by atoms with Crippen LogP contribution in [-0.4, -0.2) is 25.9 Å². The van der Waals surface area contributed by atoms with E-state index in [1.807, 2.05) is 6.92 Å². The molecule has 0 aromatic rings. The highest BCUT2D eigenvalue weighted by Gasteiger charge is 2.21. The van der Waals surface area contributed by atoms with E-state index in [2.05, 4.69) is 19.6 Å². The van der Waals surface area contributed by atoms with Gasteiger partial charge in [0.1, 0.15) is 0 Å². The first-order valence-electron chi connectivity index (χ1n) is 8.09. The smallest absolute Gasteiger partial charge is 0.0704 e. The minimum atomic E-state index is 0.339. The van der Waals surface area contributed by atoms with Crippen LogP contribution in [0.2, 0.25) is 0 Å². The van der Waals surface area contributed by atoms with E-state index < -0.39 is 0 Å². The van der Waals surface area contributed by atoms with Gasteiger partial charge in [0.15, 0.2) is 0 Å². The fourth-order valence-electron chi connectivity index (χ4n) is 3.07. The van der Waals surface area contributed by atoms with E-state index in [-0.39, 0.29) is 0 Å². The van der Waals surface area contributed by atoms with Gasteiger partial charge in [-0.1, -0.05) is 25.3 Å². The first-order chi connectivity index (χ1) is 9.27. The molecule has 0 aromatic carbocycles. The second-order valence-electron chi connectivity index (χ2n) is 5.75. The molecule has 1 aliphatic carbocycles. The molecular weight excluding hydrogens is 236 g/mol. The molecule has 2 heteroatoms. The van der Waals surface area contributed by atoms with Crippen molar-refractivity contribution in [1.82, 2.24) is 0 Å². The Kier molecular flexibility index (Phi) is 9.19. The van der Waals surface area contributed by atoms with E-state index in [4.69, 9.17) is 9.47 Å². The van der Waals surface area contributed by atoms with Crippen molar-refractivity contribution >= 4 is 0 Å². The highest BCUT2D eigenvalue weighted by Crippen LogP contribution is 2.33. The zero-order valence-electron chi connectivity index (χ0n) is 12.9. The van der Waals surface area contributed by atoms with Crippen LogP contribution in [0.25, 0.3) is 0 Å². The molecule has 0 N–H and O–H groups in total. The Morgan fingerprint density at radius 1 is 1.16 bits per heavy atom. The number of ether oxygens (including phenoxy) is 2. The first-order valence-corrected chi connectivity index (χ1v) is 8.09. The standard InChI is InChI=1S/C17H32O2/c1-4-16(17-9-7-6-8-10-17)12-11-15(3)19-14-13-18-5-2/h4,15-17H,1,5-14H2,2-3H3. The lowest BCUT2D eigenvalue weighted by atomic mass is 9.78. The second-order valence-corrected chi connectivity index (χ2v) is 5.75. The van der Waals surface area contributed by atoms with Crippen LogP contribution in [0.15, 0.2) is 12.7 Å². The predicted octanol–water partition coefficient (Wildman–Crippen LogP) is 4.59. The SMILES string of the molecule is C=CC(CCC(C)OCCOCC)C1CCCCC1. The Hall–Kier alpha value is -0.340. The van der Waals surface area contributed by atoms with Crippen molar-refractivity contribution in [2.45, 2.75) is 64.9 Å². The summed E-state index contributed by atoms with van der Waals surface area (Å²) in [6.45, 7) is 10.4. The maximum atomic E-state index is 5.77. The Morgan fingerprint density at radius 3 is 2.53 bits per heavy atom. The molecule has 2 nitrogen and oxygen atoms in total. The van der Waals surface area contributed by atoms with Crippen LogP contribution in [-0.2, 0) is 9.47 Å². The molecule has 1 rings (SSSR count). The summed E-state index contributed by atoms with van der Waals surface area (Å²) in [5, 5.41) is 0. The topological polar surface area (TPSA) is 18.5 Å². The summed E-state index contributed by atoms with van der Waals surface area (Å²) in [5.41, 5.74) is 0. The van der Waals surface area contributed by atoms with E-state index in [9.17, 15) is 0 Å². The monoisotopic (exact) mass is 268 g/mol. The highest BCUT2D eigenvalue weighted by atomic mass is 16.5. The molecular formula is C17H32O2. The van der Waals surface area contributed by atoms with Crippen LogP contribution >= 0.6 is 0 Å². The van der Waals surface area contributed by atoms with Crippen molar-refractivity contribution in [1.29, 1.82) is 0 Å². The molecule has 0 heterocycles. The molecule has 1 saturated carbocycles. The van der Waals surface area contributed by atoms with Crippen molar-refractivity contribution in [3.8, 4) is 0 Å². The normalized spacial score (nSPS) is 20.1. The largest absolute Gasteiger partial charge is 0.379 e. The Labute approximate surface area is 119 Å². The zero-order chi connectivity index (χ0) is 13.9. The van der Waals surface area contributed by atoms with Crippen LogP contribution < -0.4 is 0 Å². The van der Waals surface area contributed by atoms with Gasteiger partial charge in [-0.3, -0.25) is 0 Å². The lowest BCUT2D eigenvalue weighted by Gasteiger charge is -2.29. The van der Waals surface area contributed by atoms with Crippen molar-refractivity contribution in [2.24, 2.45) is 11.8 Å². The van der Waals surface area contributed by atoms with E-state index >= 15 is 0 Å². The molecule has 0 aromatic heterocycles. The van der Waals surface area contributed by atoms with Crippen molar-refractivity contribution in [2.75, 3.05) is 19.8 Å². The molecule has 112 valence electrons. The molecule has 0 radical (unpaired) electrons. The summed E-state index contributed by atoms with van der Waals surface area (Å²) in [7, 11) is 0. The number of hydrogen-bond donors (Lipinski definition) is 0. The quantitative estimate of drug-likeness (QED) is 0.426. The predicted molar refractivity (Wildman–Crippen MR) is 81.4 cm³/mol. The average Bonchev–Trinajstić information content (AvgIpc) is 2.45. The van der Waals surface area contributed by atoms with E-state index in [0.29, 0.717) is 18.6 Å². The van der Waals surface area contributed by atoms with Gasteiger partial charge >= 0.3 is 0 Å². The van der Waals surface area contributed by atoms with Gasteiger partial charge in [0, 0.05) is 6.61 Å².